The molecule has 6 nitrogen and oxygen atoms in total. The highest BCUT2D eigenvalue weighted by molar-refractivity contribution is 8.15. The van der Waals surface area contributed by atoms with Crippen molar-refractivity contribution in [3.63, 3.8) is 0 Å². The third kappa shape index (κ3) is 4.07. The third-order valence-corrected chi connectivity index (χ3v) is 7.13. The van der Waals surface area contributed by atoms with Crippen LogP contribution >= 0.6 is 11.8 Å². The molecule has 0 spiro atoms. The number of hydrogen-bond acceptors (Lipinski definition) is 5. The Morgan fingerprint density at radius 1 is 1.25 bits per heavy atom. The monoisotopic (exact) mass is 415 g/mol. The van der Waals surface area contributed by atoms with Gasteiger partial charge in [0.1, 0.15) is 0 Å². The molecule has 0 aromatic heterocycles. The van der Waals surface area contributed by atoms with E-state index in [-0.39, 0.29) is 17.7 Å². The van der Waals surface area contributed by atoms with Gasteiger partial charge in [-0.2, -0.15) is 0 Å². The van der Waals surface area contributed by atoms with E-state index in [2.05, 4.69) is 21.8 Å². The van der Waals surface area contributed by atoms with Gasteiger partial charge in [0.15, 0.2) is 5.17 Å². The molecule has 2 heterocycles. The Morgan fingerprint density at radius 2 is 2.04 bits per heavy atom. The highest BCUT2D eigenvalue weighted by atomic mass is 32.2. The number of benzene rings is 2. The van der Waals surface area contributed by atoms with E-state index in [9.17, 15) is 13.2 Å². The van der Waals surface area contributed by atoms with Crippen LogP contribution in [-0.4, -0.2) is 37.8 Å². The van der Waals surface area contributed by atoms with Crippen LogP contribution in [0.2, 0.25) is 0 Å². The van der Waals surface area contributed by atoms with Crippen molar-refractivity contribution in [3.8, 4) is 0 Å². The van der Waals surface area contributed by atoms with Crippen LogP contribution in [-0.2, 0) is 16.4 Å². The van der Waals surface area contributed by atoms with Crippen LogP contribution in [0.1, 0.15) is 29.3 Å². The molecular formula is C20H21N3O3S2. The number of aryl methyl sites for hydroxylation is 1. The molecule has 4 rings (SSSR count). The van der Waals surface area contributed by atoms with Gasteiger partial charge in [0, 0.05) is 23.0 Å². The lowest BCUT2D eigenvalue weighted by molar-refractivity contribution is 0.0938. The summed E-state index contributed by atoms with van der Waals surface area (Å²) in [6.07, 6.45) is 1.77. The first-order valence-electron chi connectivity index (χ1n) is 9.18. The van der Waals surface area contributed by atoms with Crippen molar-refractivity contribution in [1.82, 2.24) is 5.32 Å². The van der Waals surface area contributed by atoms with Gasteiger partial charge in [-0.05, 0) is 55.3 Å². The van der Waals surface area contributed by atoms with E-state index in [1.54, 1.807) is 6.07 Å². The molecule has 1 N–H and O–H groups in total. The zero-order valence-electron chi connectivity index (χ0n) is 15.5. The summed E-state index contributed by atoms with van der Waals surface area (Å²) in [5, 5.41) is 3.51. The van der Waals surface area contributed by atoms with E-state index >= 15 is 0 Å². The lowest BCUT2D eigenvalue weighted by atomic mass is 10.1. The Balaban J connectivity index is 1.41. The van der Waals surface area contributed by atoms with E-state index in [1.807, 2.05) is 42.2 Å². The quantitative estimate of drug-likeness (QED) is 0.812. The maximum absolute atomic E-state index is 12.6. The number of carbonyl (C=O) groups excluding carboxylic acids is 1. The SMILES string of the molecule is C[C@@H](CCc1ccccc1)NC(=O)c1ccc2c(c1)SC1=NS(=O)(=O)CCN12. The molecule has 0 fully saturated rings. The maximum atomic E-state index is 12.6. The highest BCUT2D eigenvalue weighted by Crippen LogP contribution is 2.42. The first-order valence-corrected chi connectivity index (χ1v) is 11.6. The molecule has 1 atom stereocenters. The molecule has 8 heteroatoms. The normalized spacial score (nSPS) is 18.0. The first-order chi connectivity index (χ1) is 13.4. The summed E-state index contributed by atoms with van der Waals surface area (Å²) in [4.78, 5) is 15.4. The molecule has 2 aromatic carbocycles. The van der Waals surface area contributed by atoms with Crippen molar-refractivity contribution in [3.05, 3.63) is 59.7 Å². The van der Waals surface area contributed by atoms with E-state index in [1.165, 1.54) is 17.3 Å². The molecule has 2 aliphatic rings. The average molecular weight is 416 g/mol. The number of fused-ring (bicyclic) bond motifs is 3. The van der Waals surface area contributed by atoms with Crippen molar-refractivity contribution in [2.24, 2.45) is 4.40 Å². The van der Waals surface area contributed by atoms with Crippen LogP contribution in [0, 0.1) is 0 Å². The zero-order chi connectivity index (χ0) is 19.7. The molecule has 0 bridgehead atoms. The van der Waals surface area contributed by atoms with Gasteiger partial charge in [-0.15, -0.1) is 4.40 Å². The Kier molecular flexibility index (Phi) is 5.16. The number of amidine groups is 1. The van der Waals surface area contributed by atoms with Gasteiger partial charge in [0.2, 0.25) is 0 Å². The van der Waals surface area contributed by atoms with Crippen LogP contribution in [0.3, 0.4) is 0 Å². The minimum atomic E-state index is -3.38. The summed E-state index contributed by atoms with van der Waals surface area (Å²) >= 11 is 1.30. The van der Waals surface area contributed by atoms with Crippen LogP contribution in [0.5, 0.6) is 0 Å². The Morgan fingerprint density at radius 3 is 2.82 bits per heavy atom. The number of anilines is 1. The standard InChI is InChI=1S/C20H21N3O3S2/c1-14(7-8-15-5-3-2-4-6-15)21-19(24)16-9-10-17-18(13-16)27-20-22-28(25,26)12-11-23(17)20/h2-6,9-10,13-14H,7-8,11-12H2,1H3,(H,21,24)/t14-/m0/s1. The number of nitrogens with one attached hydrogen (secondary N) is 1. The molecule has 0 saturated heterocycles. The number of amides is 1. The van der Waals surface area contributed by atoms with Gasteiger partial charge < -0.3 is 10.2 Å². The largest absolute Gasteiger partial charge is 0.350 e. The number of carbonyl (C=O) groups is 1. The number of rotatable bonds is 5. The predicted octanol–water partition coefficient (Wildman–Crippen LogP) is 3.05. The summed E-state index contributed by atoms with van der Waals surface area (Å²) in [6.45, 7) is 2.39. The Labute approximate surface area is 169 Å². The number of nitrogens with zero attached hydrogens (tertiary/aromatic N) is 2. The second-order valence-corrected chi connectivity index (χ2v) is 9.76. The fourth-order valence-corrected chi connectivity index (χ4v) is 5.58. The van der Waals surface area contributed by atoms with Crippen molar-refractivity contribution in [1.29, 1.82) is 0 Å². The van der Waals surface area contributed by atoms with E-state index in [4.69, 9.17) is 0 Å². The Hall–Kier alpha value is -2.32. The van der Waals surface area contributed by atoms with E-state index in [0.717, 1.165) is 23.4 Å². The van der Waals surface area contributed by atoms with Crippen molar-refractivity contribution in [2.45, 2.75) is 30.7 Å². The van der Waals surface area contributed by atoms with E-state index in [0.29, 0.717) is 17.3 Å². The fraction of sp³-hybridized carbons (Fsp3) is 0.300. The molecule has 2 aromatic rings. The van der Waals surface area contributed by atoms with Gasteiger partial charge in [-0.3, -0.25) is 4.79 Å². The summed E-state index contributed by atoms with van der Waals surface area (Å²) in [5.41, 5.74) is 2.73. The average Bonchev–Trinajstić information content (AvgIpc) is 3.02. The molecular weight excluding hydrogens is 394 g/mol. The molecule has 0 aliphatic carbocycles. The second-order valence-electron chi connectivity index (χ2n) is 6.99. The van der Waals surface area contributed by atoms with Crippen LogP contribution in [0.25, 0.3) is 0 Å². The number of thioether (sulfide) groups is 1. The molecule has 1 amide bonds. The number of hydrogen-bond donors (Lipinski definition) is 1. The minimum absolute atomic E-state index is 0.0116. The van der Waals surface area contributed by atoms with Gasteiger partial charge >= 0.3 is 0 Å². The zero-order valence-corrected chi connectivity index (χ0v) is 17.1. The van der Waals surface area contributed by atoms with Crippen molar-refractivity contribution in [2.75, 3.05) is 17.2 Å². The van der Waals surface area contributed by atoms with Gasteiger partial charge in [-0.25, -0.2) is 8.42 Å². The van der Waals surface area contributed by atoms with Gasteiger partial charge in [0.25, 0.3) is 15.9 Å². The maximum Gasteiger partial charge on any atom is 0.257 e. The lowest BCUT2D eigenvalue weighted by Crippen LogP contribution is -2.35. The summed E-state index contributed by atoms with van der Waals surface area (Å²) in [5.74, 6) is -0.110. The number of sulfonamides is 1. The topological polar surface area (TPSA) is 78.8 Å². The first kappa shape index (κ1) is 19.0. The van der Waals surface area contributed by atoms with Gasteiger partial charge in [0.05, 0.1) is 11.4 Å². The Bertz CT molecular complexity index is 1040. The molecule has 0 unspecified atom stereocenters. The van der Waals surface area contributed by atoms with Crippen molar-refractivity contribution >= 4 is 38.5 Å². The lowest BCUT2D eigenvalue weighted by Gasteiger charge is -2.22. The predicted molar refractivity (Wildman–Crippen MR) is 113 cm³/mol. The summed E-state index contributed by atoms with van der Waals surface area (Å²) in [6, 6.07) is 15.7. The minimum Gasteiger partial charge on any atom is -0.350 e. The van der Waals surface area contributed by atoms with Crippen LogP contribution < -0.4 is 10.2 Å². The highest BCUT2D eigenvalue weighted by Gasteiger charge is 2.33. The smallest absolute Gasteiger partial charge is 0.257 e. The molecule has 0 saturated carbocycles. The van der Waals surface area contributed by atoms with Crippen LogP contribution in [0.4, 0.5) is 5.69 Å². The molecule has 146 valence electrons. The summed E-state index contributed by atoms with van der Waals surface area (Å²) < 4.78 is 27.3. The molecule has 0 radical (unpaired) electrons. The van der Waals surface area contributed by atoms with Crippen molar-refractivity contribution < 1.29 is 13.2 Å². The van der Waals surface area contributed by atoms with Gasteiger partial charge in [-0.1, -0.05) is 30.3 Å². The third-order valence-electron chi connectivity index (χ3n) is 4.82. The summed E-state index contributed by atoms with van der Waals surface area (Å²) in [7, 11) is -3.38. The second kappa shape index (κ2) is 7.60. The van der Waals surface area contributed by atoms with Crippen LogP contribution in [0.15, 0.2) is 57.8 Å². The van der Waals surface area contributed by atoms with E-state index < -0.39 is 10.0 Å². The fourth-order valence-electron chi connectivity index (χ4n) is 3.28. The molecule has 2 aliphatic heterocycles. The molecule has 28 heavy (non-hydrogen) atoms.